The van der Waals surface area contributed by atoms with E-state index in [4.69, 9.17) is 17.3 Å². The molecule has 0 aliphatic rings. The molecule has 2 rings (SSSR count). The Morgan fingerprint density at radius 3 is 2.54 bits per heavy atom. The van der Waals surface area contributed by atoms with Crippen LogP contribution in [0.25, 0.3) is 0 Å². The molecule has 0 saturated carbocycles. The molecule has 0 spiro atoms. The standard InChI is InChI=1S/C17H22ClN3OS.ClH/c18-16-7-6-15(23-16)12-20-17(22)13-21(11-9-19)10-8-14-4-2-1-3-5-14;/h1-7H,8-13,19H2,(H,20,22);1H. The predicted octanol–water partition coefficient (Wildman–Crippen LogP) is 2.94. The second-order valence-electron chi connectivity index (χ2n) is 5.28. The lowest BCUT2D eigenvalue weighted by atomic mass is 10.1. The molecule has 0 aliphatic heterocycles. The summed E-state index contributed by atoms with van der Waals surface area (Å²) < 4.78 is 0.738. The Balaban J connectivity index is 0.00000288. The molecule has 0 aliphatic carbocycles. The number of hydrogen-bond acceptors (Lipinski definition) is 4. The normalized spacial score (nSPS) is 10.5. The minimum atomic E-state index is 0. The van der Waals surface area contributed by atoms with Gasteiger partial charge in [0.05, 0.1) is 17.4 Å². The monoisotopic (exact) mass is 387 g/mol. The van der Waals surface area contributed by atoms with E-state index in [-0.39, 0.29) is 18.3 Å². The van der Waals surface area contributed by atoms with Crippen molar-refractivity contribution in [3.8, 4) is 0 Å². The molecular formula is C17H23Cl2N3OS. The number of hydrogen-bond donors (Lipinski definition) is 2. The summed E-state index contributed by atoms with van der Waals surface area (Å²) in [6, 6.07) is 14.0. The van der Waals surface area contributed by atoms with Gasteiger partial charge in [0.2, 0.25) is 5.91 Å². The largest absolute Gasteiger partial charge is 0.350 e. The number of carbonyl (C=O) groups excluding carboxylic acids is 1. The molecule has 4 nitrogen and oxygen atoms in total. The van der Waals surface area contributed by atoms with E-state index in [9.17, 15) is 4.79 Å². The Kier molecular flexibility index (Phi) is 9.98. The van der Waals surface area contributed by atoms with Crippen LogP contribution in [-0.2, 0) is 17.8 Å². The van der Waals surface area contributed by atoms with E-state index in [0.717, 1.165) is 22.2 Å². The van der Waals surface area contributed by atoms with Crippen molar-refractivity contribution in [2.24, 2.45) is 5.73 Å². The van der Waals surface area contributed by atoms with E-state index in [2.05, 4.69) is 22.3 Å². The molecule has 0 atom stereocenters. The van der Waals surface area contributed by atoms with Crippen LogP contribution in [0.4, 0.5) is 0 Å². The summed E-state index contributed by atoms with van der Waals surface area (Å²) in [6.07, 6.45) is 0.911. The van der Waals surface area contributed by atoms with Crippen molar-refractivity contribution in [2.75, 3.05) is 26.2 Å². The highest BCUT2D eigenvalue weighted by molar-refractivity contribution is 7.16. The summed E-state index contributed by atoms with van der Waals surface area (Å²) in [5.41, 5.74) is 6.92. The van der Waals surface area contributed by atoms with E-state index in [1.165, 1.54) is 16.9 Å². The van der Waals surface area contributed by atoms with Crippen LogP contribution in [0.15, 0.2) is 42.5 Å². The van der Waals surface area contributed by atoms with Crippen molar-refractivity contribution >= 4 is 41.3 Å². The molecule has 1 amide bonds. The number of amides is 1. The number of nitrogens with two attached hydrogens (primary N) is 1. The van der Waals surface area contributed by atoms with Gasteiger partial charge in [-0.2, -0.15) is 0 Å². The lowest BCUT2D eigenvalue weighted by Crippen LogP contribution is -2.40. The second-order valence-corrected chi connectivity index (χ2v) is 7.08. The summed E-state index contributed by atoms with van der Waals surface area (Å²) >= 11 is 7.37. The van der Waals surface area contributed by atoms with E-state index in [1.54, 1.807) is 0 Å². The van der Waals surface area contributed by atoms with Gasteiger partial charge in [-0.3, -0.25) is 9.69 Å². The summed E-state index contributed by atoms with van der Waals surface area (Å²) in [7, 11) is 0. The number of halogens is 2. The maximum Gasteiger partial charge on any atom is 0.234 e. The van der Waals surface area contributed by atoms with Crippen molar-refractivity contribution < 1.29 is 4.79 Å². The molecule has 0 fully saturated rings. The highest BCUT2D eigenvalue weighted by Crippen LogP contribution is 2.20. The Morgan fingerprint density at radius 2 is 1.92 bits per heavy atom. The molecule has 0 unspecified atom stereocenters. The van der Waals surface area contributed by atoms with E-state index >= 15 is 0 Å². The van der Waals surface area contributed by atoms with Gasteiger partial charge in [0.15, 0.2) is 0 Å². The summed E-state index contributed by atoms with van der Waals surface area (Å²) in [5, 5.41) is 2.93. The topological polar surface area (TPSA) is 58.4 Å². The highest BCUT2D eigenvalue weighted by atomic mass is 35.5. The van der Waals surface area contributed by atoms with Crippen molar-refractivity contribution in [1.29, 1.82) is 0 Å². The van der Waals surface area contributed by atoms with Gasteiger partial charge in [0, 0.05) is 24.5 Å². The minimum absolute atomic E-state index is 0. The Morgan fingerprint density at radius 1 is 1.17 bits per heavy atom. The first-order chi connectivity index (χ1) is 11.2. The fraction of sp³-hybridized carbons (Fsp3) is 0.353. The second kappa shape index (κ2) is 11.4. The third-order valence-corrected chi connectivity index (χ3v) is 4.69. The number of thiophene rings is 1. The summed E-state index contributed by atoms with van der Waals surface area (Å²) in [6.45, 7) is 2.96. The molecule has 132 valence electrons. The van der Waals surface area contributed by atoms with Crippen LogP contribution < -0.4 is 11.1 Å². The molecule has 24 heavy (non-hydrogen) atoms. The van der Waals surface area contributed by atoms with Crippen LogP contribution in [0.2, 0.25) is 4.34 Å². The van der Waals surface area contributed by atoms with Gasteiger partial charge >= 0.3 is 0 Å². The average Bonchev–Trinajstić information content (AvgIpc) is 2.97. The van der Waals surface area contributed by atoms with Crippen molar-refractivity contribution in [3.05, 3.63) is 57.2 Å². The first-order valence-electron chi connectivity index (χ1n) is 7.64. The van der Waals surface area contributed by atoms with E-state index in [1.807, 2.05) is 30.3 Å². The number of rotatable bonds is 9. The van der Waals surface area contributed by atoms with Crippen LogP contribution in [0.5, 0.6) is 0 Å². The fourth-order valence-electron chi connectivity index (χ4n) is 2.28. The van der Waals surface area contributed by atoms with E-state index < -0.39 is 0 Å². The molecule has 0 saturated heterocycles. The molecule has 1 aromatic carbocycles. The van der Waals surface area contributed by atoms with Gasteiger partial charge in [0.1, 0.15) is 0 Å². The van der Waals surface area contributed by atoms with Gasteiger partial charge in [-0.25, -0.2) is 0 Å². The number of nitrogens with zero attached hydrogens (tertiary/aromatic N) is 1. The minimum Gasteiger partial charge on any atom is -0.350 e. The van der Waals surface area contributed by atoms with Gasteiger partial charge < -0.3 is 11.1 Å². The van der Waals surface area contributed by atoms with Crippen molar-refractivity contribution in [2.45, 2.75) is 13.0 Å². The van der Waals surface area contributed by atoms with Gasteiger partial charge in [0.25, 0.3) is 0 Å². The van der Waals surface area contributed by atoms with Crippen LogP contribution in [0.3, 0.4) is 0 Å². The SMILES string of the molecule is Cl.NCCN(CCc1ccccc1)CC(=O)NCc1ccc(Cl)s1. The molecule has 1 heterocycles. The molecule has 2 aromatic rings. The number of carbonyl (C=O) groups is 1. The van der Waals surface area contributed by atoms with Crippen molar-refractivity contribution in [1.82, 2.24) is 10.2 Å². The highest BCUT2D eigenvalue weighted by Gasteiger charge is 2.10. The maximum atomic E-state index is 12.1. The number of nitrogens with one attached hydrogen (secondary N) is 1. The Bertz CT molecular complexity index is 607. The zero-order valence-corrected chi connectivity index (χ0v) is 15.8. The maximum absolute atomic E-state index is 12.1. The molecular weight excluding hydrogens is 365 g/mol. The zero-order valence-electron chi connectivity index (χ0n) is 13.4. The molecule has 0 radical (unpaired) electrons. The zero-order chi connectivity index (χ0) is 16.5. The molecule has 0 bridgehead atoms. The van der Waals surface area contributed by atoms with Gasteiger partial charge in [-0.05, 0) is 24.1 Å². The molecule has 3 N–H and O–H groups in total. The quantitative estimate of drug-likeness (QED) is 0.695. The first kappa shape index (κ1) is 20.9. The van der Waals surface area contributed by atoms with Crippen LogP contribution in [0.1, 0.15) is 10.4 Å². The van der Waals surface area contributed by atoms with Crippen LogP contribution in [0, 0.1) is 0 Å². The number of benzene rings is 1. The smallest absolute Gasteiger partial charge is 0.234 e. The Labute approximate surface area is 158 Å². The summed E-state index contributed by atoms with van der Waals surface area (Å²) in [5.74, 6) is 0.0102. The summed E-state index contributed by atoms with van der Waals surface area (Å²) in [4.78, 5) is 15.2. The van der Waals surface area contributed by atoms with E-state index in [0.29, 0.717) is 26.2 Å². The fourth-order valence-corrected chi connectivity index (χ4v) is 3.30. The van der Waals surface area contributed by atoms with Gasteiger partial charge in [-0.1, -0.05) is 41.9 Å². The van der Waals surface area contributed by atoms with Crippen LogP contribution >= 0.6 is 35.3 Å². The predicted molar refractivity (Wildman–Crippen MR) is 104 cm³/mol. The third-order valence-electron chi connectivity index (χ3n) is 3.46. The van der Waals surface area contributed by atoms with Crippen LogP contribution in [-0.4, -0.2) is 37.0 Å². The first-order valence-corrected chi connectivity index (χ1v) is 8.84. The molecule has 7 heteroatoms. The lowest BCUT2D eigenvalue weighted by molar-refractivity contribution is -0.122. The van der Waals surface area contributed by atoms with Gasteiger partial charge in [-0.15, -0.1) is 23.7 Å². The molecule has 1 aromatic heterocycles. The van der Waals surface area contributed by atoms with Crippen molar-refractivity contribution in [3.63, 3.8) is 0 Å². The average molecular weight is 388 g/mol. The lowest BCUT2D eigenvalue weighted by Gasteiger charge is -2.21. The third kappa shape index (κ3) is 7.64. The Hall–Kier alpha value is -1.11.